The predicted octanol–water partition coefficient (Wildman–Crippen LogP) is 5.93. The predicted molar refractivity (Wildman–Crippen MR) is 140 cm³/mol. The van der Waals surface area contributed by atoms with Gasteiger partial charge in [0.1, 0.15) is 8.37 Å². The van der Waals surface area contributed by atoms with E-state index < -0.39 is 16.1 Å². The van der Waals surface area contributed by atoms with Gasteiger partial charge in [-0.2, -0.15) is 0 Å². The molecular weight excluding hydrogens is 631 g/mol. The van der Waals surface area contributed by atoms with E-state index in [0.717, 1.165) is 0 Å². The number of rotatable bonds is 3. The van der Waals surface area contributed by atoms with Crippen LogP contribution in [0, 0.1) is 95.6 Å². The second kappa shape index (κ2) is 21.6. The molecule has 0 atom stereocenters. The Kier molecular flexibility index (Phi) is 28.4. The zero-order chi connectivity index (χ0) is 23.0. The summed E-state index contributed by atoms with van der Waals surface area (Å²) in [6.45, 7) is 21.1. The molecule has 0 spiro atoms. The van der Waals surface area contributed by atoms with Crippen molar-refractivity contribution in [3.05, 3.63) is 64.5 Å². The molecule has 29 heavy (non-hydrogen) atoms. The number of hydrogen-bond acceptors (Lipinski definition) is 3. The standard InChI is InChI=1S/C8H8.C6H18N3P.2C4H11Si.U/c1-2-4-6-8-7-5-3-1;1-7(2)10(8(3)4)9(5)6;2*1-5(2,3)4;/h1-8H;1-6H3;2*1H2,2-4H3;/q;;2*-1;+2. The van der Waals surface area contributed by atoms with Gasteiger partial charge in [-0.3, -0.25) is 14.0 Å². The average molecular weight is 680 g/mol. The van der Waals surface area contributed by atoms with Gasteiger partial charge in [-0.05, 0) is 93.7 Å². The summed E-state index contributed by atoms with van der Waals surface area (Å²) < 4.78 is 6.69. The second-order valence-electron chi connectivity index (χ2n) is 9.47. The quantitative estimate of drug-likeness (QED) is 0.208. The molecule has 7 heteroatoms. The topological polar surface area (TPSA) is 9.72 Å². The van der Waals surface area contributed by atoms with E-state index in [-0.39, 0.29) is 39.5 Å². The van der Waals surface area contributed by atoms with Gasteiger partial charge in [0.25, 0.3) is 0 Å². The second-order valence-corrected chi connectivity index (χ2v) is 22.7. The Balaban J connectivity index is -0.000000148. The third kappa shape index (κ3) is 48.5. The first kappa shape index (κ1) is 38.1. The van der Waals surface area contributed by atoms with Crippen molar-refractivity contribution in [3.8, 4) is 0 Å². The van der Waals surface area contributed by atoms with E-state index >= 15 is 0 Å². The van der Waals surface area contributed by atoms with Crippen LogP contribution in [0.15, 0.2) is 0 Å². The van der Waals surface area contributed by atoms with Crippen LogP contribution < -0.4 is 0 Å². The molecule has 168 valence electrons. The molecule has 0 aromatic carbocycles. The van der Waals surface area contributed by atoms with Gasteiger partial charge in [0, 0.05) is 0 Å². The minimum Gasteiger partial charge on any atom is -0.342 e. The molecule has 0 aliphatic heterocycles. The summed E-state index contributed by atoms with van der Waals surface area (Å²) in [7, 11) is 10.7. The molecule has 0 aromatic heterocycles. The van der Waals surface area contributed by atoms with Gasteiger partial charge >= 0.3 is 31.1 Å². The minimum atomic E-state index is -0.861. The fourth-order valence-corrected chi connectivity index (χ4v) is 3.73. The first-order chi connectivity index (χ1) is 12.5. The van der Waals surface area contributed by atoms with E-state index in [9.17, 15) is 0 Å². The smallest absolute Gasteiger partial charge is 0.342 e. The summed E-state index contributed by atoms with van der Waals surface area (Å²) >= 11 is 0. The van der Waals surface area contributed by atoms with E-state index in [4.69, 9.17) is 0 Å². The van der Waals surface area contributed by atoms with Crippen molar-refractivity contribution in [2.75, 3.05) is 42.3 Å². The Morgan fingerprint density at radius 2 is 0.586 bits per heavy atom. The van der Waals surface area contributed by atoms with Gasteiger partial charge in [0.2, 0.25) is 0 Å². The maximum absolute atomic E-state index is 3.91. The molecule has 1 aliphatic rings. The summed E-state index contributed by atoms with van der Waals surface area (Å²) in [5, 5.41) is 0. The summed E-state index contributed by atoms with van der Waals surface area (Å²) in [6.07, 6.45) is 16.0. The van der Waals surface area contributed by atoms with Crippen molar-refractivity contribution in [2.45, 2.75) is 39.3 Å². The van der Waals surface area contributed by atoms with Crippen molar-refractivity contribution in [3.63, 3.8) is 0 Å². The molecule has 1 rings (SSSR count). The molecule has 0 saturated heterocycles. The molecule has 0 amide bonds. The molecule has 3 nitrogen and oxygen atoms in total. The van der Waals surface area contributed by atoms with E-state index in [2.05, 4.69) is 109 Å². The summed E-state index contributed by atoms with van der Waals surface area (Å²) in [5.74, 6) is 0. The van der Waals surface area contributed by atoms with Crippen LogP contribution in [0.5, 0.6) is 0 Å². The third-order valence-corrected chi connectivity index (χ3v) is 4.11. The SMILES string of the molecule is CN(C)P(N(C)C)N(C)C.[CH2-][Si](C)(C)C.[CH2-][Si](C)(C)C.[CH]1[CH][CH][CH][CH][CH][CH][CH]1.[U+2]. The Bertz CT molecular complexity index is 264. The van der Waals surface area contributed by atoms with Crippen LogP contribution in [-0.4, -0.2) is 72.4 Å². The van der Waals surface area contributed by atoms with E-state index in [1.54, 1.807) is 0 Å². The van der Waals surface area contributed by atoms with Crippen molar-refractivity contribution in [1.82, 2.24) is 14.0 Å². The van der Waals surface area contributed by atoms with Gasteiger partial charge < -0.3 is 13.1 Å². The van der Waals surface area contributed by atoms with Crippen LogP contribution in [0.1, 0.15) is 0 Å². The maximum Gasteiger partial charge on any atom is 2.00 e. The molecule has 1 fully saturated rings. The first-order valence-corrected chi connectivity index (χ1v) is 18.3. The Labute approximate surface area is 214 Å². The summed E-state index contributed by atoms with van der Waals surface area (Å²) in [4.78, 5) is 0. The summed E-state index contributed by atoms with van der Waals surface area (Å²) in [5.41, 5.74) is 0. The van der Waals surface area contributed by atoms with Crippen LogP contribution in [0.25, 0.3) is 0 Å². The molecule has 0 N–H and O–H groups in total. The molecule has 1 aliphatic carbocycles. The largest absolute Gasteiger partial charge is 2.00 e. The fraction of sp³-hybridized carbons (Fsp3) is 0.545. The first-order valence-electron chi connectivity index (χ1n) is 9.66. The molecular formula is C22H48N3PSi2U. The van der Waals surface area contributed by atoms with E-state index in [1.807, 2.05) is 51.4 Å². The Hall–Kier alpha value is 1.80. The molecule has 0 unspecified atom stereocenters. The van der Waals surface area contributed by atoms with Crippen LogP contribution in [0.2, 0.25) is 39.3 Å². The normalized spacial score (nSPS) is 15.1. The fourth-order valence-electron chi connectivity index (χ4n) is 1.59. The van der Waals surface area contributed by atoms with Crippen molar-refractivity contribution in [1.29, 1.82) is 0 Å². The van der Waals surface area contributed by atoms with Crippen molar-refractivity contribution < 1.29 is 31.1 Å². The maximum atomic E-state index is 3.91. The Morgan fingerprint density at radius 1 is 0.483 bits per heavy atom. The molecule has 0 heterocycles. The summed E-state index contributed by atoms with van der Waals surface area (Å²) in [6, 6.07) is 0. The molecule has 8 radical (unpaired) electrons. The third-order valence-electron chi connectivity index (χ3n) is 1.96. The minimum absolute atomic E-state index is 0. The zero-order valence-electron chi connectivity index (χ0n) is 21.3. The Morgan fingerprint density at radius 3 is 0.621 bits per heavy atom. The van der Waals surface area contributed by atoms with E-state index in [1.165, 1.54) is 0 Å². The molecule has 0 bridgehead atoms. The average Bonchev–Trinajstić information content (AvgIpc) is 2.31. The zero-order valence-corrected chi connectivity index (χ0v) is 28.4. The van der Waals surface area contributed by atoms with Gasteiger partial charge in [0.05, 0.1) is 0 Å². The molecule has 0 aromatic rings. The van der Waals surface area contributed by atoms with Crippen LogP contribution in [0.4, 0.5) is 0 Å². The van der Waals surface area contributed by atoms with E-state index in [0.29, 0.717) is 0 Å². The number of hydrogen-bond donors (Lipinski definition) is 0. The van der Waals surface area contributed by atoms with Crippen LogP contribution in [0.3, 0.4) is 0 Å². The van der Waals surface area contributed by atoms with Crippen molar-refractivity contribution in [2.24, 2.45) is 0 Å². The van der Waals surface area contributed by atoms with Crippen LogP contribution >= 0.6 is 8.37 Å². The van der Waals surface area contributed by atoms with Gasteiger partial charge in [-0.25, -0.2) is 0 Å². The molecule has 1 saturated carbocycles. The van der Waals surface area contributed by atoms with Crippen molar-refractivity contribution >= 4 is 24.5 Å². The van der Waals surface area contributed by atoms with Crippen LogP contribution in [-0.2, 0) is 0 Å². The number of nitrogens with zero attached hydrogens (tertiary/aromatic N) is 3. The van der Waals surface area contributed by atoms with Gasteiger partial charge in [-0.15, -0.1) is 16.1 Å². The monoisotopic (exact) mass is 679 g/mol. The van der Waals surface area contributed by atoms with Gasteiger partial charge in [-0.1, -0.05) is 39.3 Å². The van der Waals surface area contributed by atoms with Gasteiger partial charge in [0.15, 0.2) is 0 Å².